The molecule has 2 aromatic carbocycles. The van der Waals surface area contributed by atoms with Gasteiger partial charge in [-0.15, -0.1) is 0 Å². The van der Waals surface area contributed by atoms with E-state index in [4.69, 9.17) is 15.0 Å². The van der Waals surface area contributed by atoms with Crippen molar-refractivity contribution >= 4 is 5.96 Å². The maximum Gasteiger partial charge on any atom is 0.191 e. The SMILES string of the molecule is Cc1c(CN=C(N)N2CCOCC2)noc1C(C)c1ccc(-c2ccccc2)c(F)c1. The molecule has 0 aliphatic carbocycles. The van der Waals surface area contributed by atoms with Crippen LogP contribution in [0.15, 0.2) is 58.0 Å². The molecule has 1 aliphatic heterocycles. The first-order valence-corrected chi connectivity index (χ1v) is 10.5. The molecule has 2 heterocycles. The highest BCUT2D eigenvalue weighted by atomic mass is 19.1. The summed E-state index contributed by atoms with van der Waals surface area (Å²) in [6.07, 6.45) is 0. The van der Waals surface area contributed by atoms with Crippen molar-refractivity contribution in [1.82, 2.24) is 10.1 Å². The summed E-state index contributed by atoms with van der Waals surface area (Å²) >= 11 is 0. The van der Waals surface area contributed by atoms with Gasteiger partial charge in [0.25, 0.3) is 0 Å². The van der Waals surface area contributed by atoms with E-state index in [1.54, 1.807) is 6.07 Å². The van der Waals surface area contributed by atoms with Gasteiger partial charge in [-0.25, -0.2) is 9.38 Å². The first-order chi connectivity index (χ1) is 15.0. The smallest absolute Gasteiger partial charge is 0.191 e. The fourth-order valence-corrected chi connectivity index (χ4v) is 3.79. The number of aliphatic imine (C=N–C) groups is 1. The highest BCUT2D eigenvalue weighted by molar-refractivity contribution is 5.78. The molecule has 0 spiro atoms. The Labute approximate surface area is 181 Å². The molecule has 0 bridgehead atoms. The number of benzene rings is 2. The van der Waals surface area contributed by atoms with E-state index >= 15 is 0 Å². The van der Waals surface area contributed by atoms with Crippen LogP contribution in [0.1, 0.15) is 35.4 Å². The van der Waals surface area contributed by atoms with Gasteiger partial charge in [0.2, 0.25) is 0 Å². The van der Waals surface area contributed by atoms with E-state index in [2.05, 4.69) is 10.1 Å². The second-order valence-corrected chi connectivity index (χ2v) is 7.72. The molecule has 1 atom stereocenters. The number of nitrogens with zero attached hydrogens (tertiary/aromatic N) is 3. The predicted octanol–water partition coefficient (Wildman–Crippen LogP) is 4.09. The fourth-order valence-electron chi connectivity index (χ4n) is 3.79. The molecule has 1 unspecified atom stereocenters. The molecule has 0 saturated carbocycles. The van der Waals surface area contributed by atoms with E-state index < -0.39 is 0 Å². The molecule has 2 N–H and O–H groups in total. The number of guanidine groups is 1. The number of morpholine rings is 1. The van der Waals surface area contributed by atoms with Gasteiger partial charge in [-0.2, -0.15) is 0 Å². The molecule has 4 rings (SSSR count). The zero-order valence-corrected chi connectivity index (χ0v) is 17.8. The Morgan fingerprint density at radius 1 is 1.19 bits per heavy atom. The maximum absolute atomic E-state index is 14.8. The Morgan fingerprint density at radius 3 is 2.65 bits per heavy atom. The lowest BCUT2D eigenvalue weighted by atomic mass is 9.93. The van der Waals surface area contributed by atoms with Crippen LogP contribution in [0, 0.1) is 12.7 Å². The Kier molecular flexibility index (Phi) is 6.32. The van der Waals surface area contributed by atoms with Crippen LogP contribution < -0.4 is 5.73 Å². The van der Waals surface area contributed by atoms with Crippen molar-refractivity contribution in [1.29, 1.82) is 0 Å². The van der Waals surface area contributed by atoms with Gasteiger partial charge >= 0.3 is 0 Å². The fraction of sp³-hybridized carbons (Fsp3) is 0.333. The Hall–Kier alpha value is -3.19. The van der Waals surface area contributed by atoms with Crippen molar-refractivity contribution < 1.29 is 13.7 Å². The lowest BCUT2D eigenvalue weighted by Gasteiger charge is -2.27. The van der Waals surface area contributed by atoms with Crippen LogP contribution in [0.2, 0.25) is 0 Å². The molecule has 31 heavy (non-hydrogen) atoms. The van der Waals surface area contributed by atoms with E-state index in [0.717, 1.165) is 35.5 Å². The molecular weight excluding hydrogens is 395 g/mol. The normalized spacial score (nSPS) is 15.8. The summed E-state index contributed by atoms with van der Waals surface area (Å²) in [6.45, 7) is 7.06. The van der Waals surface area contributed by atoms with Crippen molar-refractivity contribution in [2.75, 3.05) is 26.3 Å². The van der Waals surface area contributed by atoms with Crippen molar-refractivity contribution in [3.8, 4) is 11.1 Å². The standard InChI is InChI=1S/C24H27FN4O2/c1-16(19-8-9-20(21(25)14-19)18-6-4-3-5-7-18)23-17(2)22(28-31-23)15-27-24(26)29-10-12-30-13-11-29/h3-9,14,16H,10-13,15H2,1-2H3,(H2,26,27). The average Bonchev–Trinajstić information content (AvgIpc) is 3.18. The van der Waals surface area contributed by atoms with Gasteiger partial charge in [0.15, 0.2) is 5.96 Å². The number of nitrogens with two attached hydrogens (primary N) is 1. The Morgan fingerprint density at radius 2 is 1.94 bits per heavy atom. The lowest BCUT2D eigenvalue weighted by Crippen LogP contribution is -2.44. The quantitative estimate of drug-likeness (QED) is 0.495. The third kappa shape index (κ3) is 4.61. The number of aromatic nitrogens is 1. The van der Waals surface area contributed by atoms with Gasteiger partial charge in [0, 0.05) is 30.1 Å². The molecule has 1 aliphatic rings. The Balaban J connectivity index is 1.50. The maximum atomic E-state index is 14.8. The van der Waals surface area contributed by atoms with Crippen LogP contribution in [0.5, 0.6) is 0 Å². The van der Waals surface area contributed by atoms with Crippen molar-refractivity contribution in [3.05, 3.63) is 76.9 Å². The van der Waals surface area contributed by atoms with Gasteiger partial charge in [-0.1, -0.05) is 54.5 Å². The van der Waals surface area contributed by atoms with Gasteiger partial charge in [-0.05, 0) is 24.1 Å². The van der Waals surface area contributed by atoms with Gasteiger partial charge in [0.05, 0.1) is 19.8 Å². The molecule has 7 heteroatoms. The number of hydrogen-bond acceptors (Lipinski definition) is 4. The molecule has 1 fully saturated rings. The molecule has 3 aromatic rings. The lowest BCUT2D eigenvalue weighted by molar-refractivity contribution is 0.0674. The first kappa shape index (κ1) is 21.1. The van der Waals surface area contributed by atoms with E-state index in [9.17, 15) is 4.39 Å². The minimum atomic E-state index is -0.254. The van der Waals surface area contributed by atoms with Gasteiger partial charge in [-0.3, -0.25) is 0 Å². The monoisotopic (exact) mass is 422 g/mol. The summed E-state index contributed by atoms with van der Waals surface area (Å²) in [4.78, 5) is 6.47. The van der Waals surface area contributed by atoms with E-state index in [-0.39, 0.29) is 11.7 Å². The van der Waals surface area contributed by atoms with Crippen molar-refractivity contribution in [2.24, 2.45) is 10.7 Å². The highest BCUT2D eigenvalue weighted by Crippen LogP contribution is 2.31. The summed E-state index contributed by atoms with van der Waals surface area (Å²) < 4.78 is 25.8. The summed E-state index contributed by atoms with van der Waals surface area (Å²) in [5.74, 6) is 0.804. The number of rotatable bonds is 5. The zero-order chi connectivity index (χ0) is 21.8. The summed E-state index contributed by atoms with van der Waals surface area (Å²) in [5.41, 5.74) is 10.0. The first-order valence-electron chi connectivity index (χ1n) is 10.5. The van der Waals surface area contributed by atoms with Crippen LogP contribution in [-0.4, -0.2) is 42.3 Å². The van der Waals surface area contributed by atoms with Crippen LogP contribution in [0.25, 0.3) is 11.1 Å². The van der Waals surface area contributed by atoms with E-state index in [0.29, 0.717) is 37.0 Å². The molecule has 1 aromatic heterocycles. The Bertz CT molecular complexity index is 1060. The van der Waals surface area contributed by atoms with Crippen molar-refractivity contribution in [3.63, 3.8) is 0 Å². The molecular formula is C24H27FN4O2. The van der Waals surface area contributed by atoms with Crippen LogP contribution in [-0.2, 0) is 11.3 Å². The summed E-state index contributed by atoms with van der Waals surface area (Å²) in [5, 5.41) is 4.19. The molecule has 0 amide bonds. The largest absolute Gasteiger partial charge is 0.378 e. The second-order valence-electron chi connectivity index (χ2n) is 7.72. The molecule has 1 saturated heterocycles. The summed E-state index contributed by atoms with van der Waals surface area (Å²) in [7, 11) is 0. The number of ether oxygens (including phenoxy) is 1. The zero-order valence-electron chi connectivity index (χ0n) is 17.8. The minimum Gasteiger partial charge on any atom is -0.378 e. The van der Waals surface area contributed by atoms with Gasteiger partial charge < -0.3 is 19.9 Å². The third-order valence-corrected chi connectivity index (χ3v) is 5.75. The van der Waals surface area contributed by atoms with Crippen LogP contribution in [0.4, 0.5) is 4.39 Å². The second kappa shape index (κ2) is 9.31. The van der Waals surface area contributed by atoms with E-state index in [1.807, 2.05) is 61.2 Å². The van der Waals surface area contributed by atoms with Crippen LogP contribution in [0.3, 0.4) is 0 Å². The number of hydrogen-bond donors (Lipinski definition) is 1. The predicted molar refractivity (Wildman–Crippen MR) is 118 cm³/mol. The topological polar surface area (TPSA) is 76.9 Å². The van der Waals surface area contributed by atoms with Crippen LogP contribution >= 0.6 is 0 Å². The minimum absolute atomic E-state index is 0.138. The van der Waals surface area contributed by atoms with Crippen molar-refractivity contribution in [2.45, 2.75) is 26.3 Å². The molecule has 0 radical (unpaired) electrons. The average molecular weight is 423 g/mol. The summed E-state index contributed by atoms with van der Waals surface area (Å²) in [6, 6.07) is 14.8. The highest BCUT2D eigenvalue weighted by Gasteiger charge is 2.21. The third-order valence-electron chi connectivity index (χ3n) is 5.75. The number of halogens is 1. The molecule has 6 nitrogen and oxygen atoms in total. The van der Waals surface area contributed by atoms with Gasteiger partial charge in [0.1, 0.15) is 17.3 Å². The molecule has 162 valence electrons. The van der Waals surface area contributed by atoms with E-state index in [1.165, 1.54) is 0 Å².